The molecule has 1 amide bonds. The van der Waals surface area contributed by atoms with Gasteiger partial charge in [0.1, 0.15) is 10.5 Å². The van der Waals surface area contributed by atoms with E-state index in [2.05, 4.69) is 14.2 Å². The van der Waals surface area contributed by atoms with Crippen LogP contribution in [0.5, 0.6) is 0 Å². The summed E-state index contributed by atoms with van der Waals surface area (Å²) in [5.74, 6) is -1.64. The highest BCUT2D eigenvalue weighted by Crippen LogP contribution is 2.29. The van der Waals surface area contributed by atoms with Gasteiger partial charge in [-0.15, -0.1) is 0 Å². The molecule has 0 aromatic heterocycles. The number of rotatable bonds is 7. The molecule has 12 heteroatoms. The lowest BCUT2D eigenvalue weighted by atomic mass is 10.1. The van der Waals surface area contributed by atoms with E-state index in [-0.39, 0.29) is 33.3 Å². The number of nitrogens with one attached hydrogen (secondary N) is 1. The number of carbonyl (C=O) groups is 3. The van der Waals surface area contributed by atoms with Crippen molar-refractivity contribution in [3.63, 3.8) is 0 Å². The van der Waals surface area contributed by atoms with Crippen LogP contribution < -0.4 is 4.72 Å². The summed E-state index contributed by atoms with van der Waals surface area (Å²) in [6.07, 6.45) is -0.596. The number of ether oxygens (including phenoxy) is 3. The maximum atomic E-state index is 13.1. The molecule has 2 rings (SSSR count). The number of benzene rings is 2. The molecule has 1 N–H and O–H groups in total. The van der Waals surface area contributed by atoms with Crippen LogP contribution in [0.15, 0.2) is 41.3 Å². The quantitative estimate of drug-likeness (QED) is 0.422. The standard InChI is InChI=1S/C23H27ClN2O8S/c1-23(2,3)34-22(29)26(4)13-14-8-7-9-18(19(14)24)35(30,31)25-15-10-11-16(20(27)32-5)17(12-15)21(28)33-6/h7-12,25H,13H2,1-6H3. The number of nitrogens with zero attached hydrogens (tertiary/aromatic N) is 1. The van der Waals surface area contributed by atoms with Crippen LogP contribution in [0.1, 0.15) is 47.1 Å². The molecule has 2 aromatic carbocycles. The fourth-order valence-corrected chi connectivity index (χ4v) is 4.59. The fourth-order valence-electron chi connectivity index (χ4n) is 2.93. The topological polar surface area (TPSA) is 128 Å². The number of halogens is 1. The van der Waals surface area contributed by atoms with Gasteiger partial charge in [-0.25, -0.2) is 22.8 Å². The van der Waals surface area contributed by atoms with Gasteiger partial charge in [-0.05, 0) is 50.6 Å². The minimum atomic E-state index is -4.22. The summed E-state index contributed by atoms with van der Waals surface area (Å²) >= 11 is 6.40. The first-order valence-corrected chi connectivity index (χ1v) is 12.1. The first-order chi connectivity index (χ1) is 16.2. The number of amides is 1. The Labute approximate surface area is 209 Å². The second kappa shape index (κ2) is 11.0. The third kappa shape index (κ3) is 7.09. The lowest BCUT2D eigenvalue weighted by Crippen LogP contribution is -2.33. The molecule has 0 radical (unpaired) electrons. The van der Waals surface area contributed by atoms with Crippen LogP contribution in [-0.2, 0) is 30.8 Å². The first-order valence-electron chi connectivity index (χ1n) is 10.2. The van der Waals surface area contributed by atoms with E-state index in [1.165, 1.54) is 36.2 Å². The summed E-state index contributed by atoms with van der Waals surface area (Å²) in [6.45, 7) is 5.19. The van der Waals surface area contributed by atoms with Crippen molar-refractivity contribution in [2.75, 3.05) is 26.0 Å². The van der Waals surface area contributed by atoms with E-state index in [4.69, 9.17) is 16.3 Å². The molecule has 0 aliphatic heterocycles. The molecule has 0 aliphatic carbocycles. The van der Waals surface area contributed by atoms with Gasteiger partial charge in [0.15, 0.2) is 0 Å². The summed E-state index contributed by atoms with van der Waals surface area (Å²) in [5.41, 5.74) is -0.605. The Morgan fingerprint density at radius 3 is 2.17 bits per heavy atom. The first kappa shape index (κ1) is 27.9. The van der Waals surface area contributed by atoms with E-state index in [0.717, 1.165) is 20.3 Å². The zero-order valence-electron chi connectivity index (χ0n) is 20.2. The third-order valence-corrected chi connectivity index (χ3v) is 6.51. The minimum absolute atomic E-state index is 0.00256. The van der Waals surface area contributed by atoms with Crippen LogP contribution in [0, 0.1) is 0 Å². The molecule has 2 aromatic rings. The van der Waals surface area contributed by atoms with E-state index in [0.29, 0.717) is 5.56 Å². The van der Waals surface area contributed by atoms with Crippen LogP contribution >= 0.6 is 11.6 Å². The number of hydrogen-bond acceptors (Lipinski definition) is 8. The second-order valence-corrected chi connectivity index (χ2v) is 10.4. The Kier molecular flexibility index (Phi) is 8.74. The number of methoxy groups -OCH3 is 2. The molecule has 190 valence electrons. The van der Waals surface area contributed by atoms with Crippen molar-refractivity contribution in [3.8, 4) is 0 Å². The maximum Gasteiger partial charge on any atom is 0.410 e. The molecule has 0 fully saturated rings. The van der Waals surface area contributed by atoms with Crippen molar-refractivity contribution in [2.24, 2.45) is 0 Å². The van der Waals surface area contributed by atoms with E-state index in [1.54, 1.807) is 26.8 Å². The monoisotopic (exact) mass is 526 g/mol. The van der Waals surface area contributed by atoms with Crippen LogP contribution in [0.4, 0.5) is 10.5 Å². The van der Waals surface area contributed by atoms with Gasteiger partial charge in [0.05, 0.1) is 36.9 Å². The summed E-state index contributed by atoms with van der Waals surface area (Å²) in [7, 11) is -0.450. The van der Waals surface area contributed by atoms with E-state index < -0.39 is 33.7 Å². The fraction of sp³-hybridized carbons (Fsp3) is 0.348. The smallest absolute Gasteiger partial charge is 0.410 e. The minimum Gasteiger partial charge on any atom is -0.465 e. The molecule has 0 atom stereocenters. The second-order valence-electron chi connectivity index (χ2n) is 8.41. The van der Waals surface area contributed by atoms with Crippen LogP contribution in [0.3, 0.4) is 0 Å². The molecule has 35 heavy (non-hydrogen) atoms. The predicted molar refractivity (Wildman–Crippen MR) is 129 cm³/mol. The number of esters is 2. The van der Waals surface area contributed by atoms with Gasteiger partial charge >= 0.3 is 18.0 Å². The zero-order chi connectivity index (χ0) is 26.6. The molecule has 10 nitrogen and oxygen atoms in total. The number of carbonyl (C=O) groups excluding carboxylic acids is 3. The number of hydrogen-bond donors (Lipinski definition) is 1. The Morgan fingerprint density at radius 2 is 1.60 bits per heavy atom. The molecule has 0 spiro atoms. The Morgan fingerprint density at radius 1 is 1.00 bits per heavy atom. The summed E-state index contributed by atoms with van der Waals surface area (Å²) in [4.78, 5) is 37.3. The molecule has 0 aliphatic rings. The summed E-state index contributed by atoms with van der Waals surface area (Å²) < 4.78 is 43.2. The average molecular weight is 527 g/mol. The largest absolute Gasteiger partial charge is 0.465 e. The summed E-state index contributed by atoms with van der Waals surface area (Å²) in [5, 5.41) is -0.0882. The van der Waals surface area contributed by atoms with Crippen LogP contribution in [0.2, 0.25) is 5.02 Å². The van der Waals surface area contributed by atoms with Gasteiger partial charge in [0.2, 0.25) is 0 Å². The van der Waals surface area contributed by atoms with Gasteiger partial charge in [-0.2, -0.15) is 0 Å². The SMILES string of the molecule is COC(=O)c1ccc(NS(=O)(=O)c2cccc(CN(C)C(=O)OC(C)(C)C)c2Cl)cc1C(=O)OC. The molecule has 0 saturated heterocycles. The van der Waals surface area contributed by atoms with Gasteiger partial charge in [0.25, 0.3) is 10.0 Å². The highest BCUT2D eigenvalue weighted by molar-refractivity contribution is 7.92. The molecule has 0 bridgehead atoms. The van der Waals surface area contributed by atoms with Crippen molar-refractivity contribution in [3.05, 3.63) is 58.1 Å². The van der Waals surface area contributed by atoms with Gasteiger partial charge < -0.3 is 19.1 Å². The predicted octanol–water partition coefficient (Wildman–Crippen LogP) is 4.08. The van der Waals surface area contributed by atoms with E-state index in [1.807, 2.05) is 0 Å². The zero-order valence-corrected chi connectivity index (χ0v) is 21.7. The van der Waals surface area contributed by atoms with Gasteiger partial charge in [-0.3, -0.25) is 4.72 Å². The van der Waals surface area contributed by atoms with Crippen molar-refractivity contribution in [2.45, 2.75) is 37.8 Å². The highest BCUT2D eigenvalue weighted by atomic mass is 35.5. The Balaban J connectivity index is 2.36. The van der Waals surface area contributed by atoms with E-state index in [9.17, 15) is 22.8 Å². The van der Waals surface area contributed by atoms with Crippen LogP contribution in [-0.4, -0.2) is 58.2 Å². The van der Waals surface area contributed by atoms with Crippen molar-refractivity contribution < 1.29 is 37.0 Å². The van der Waals surface area contributed by atoms with E-state index >= 15 is 0 Å². The average Bonchev–Trinajstić information content (AvgIpc) is 2.77. The Bertz CT molecular complexity index is 1240. The molecular formula is C23H27ClN2O8S. The van der Waals surface area contributed by atoms with Crippen molar-refractivity contribution >= 4 is 45.3 Å². The molecule has 0 heterocycles. The lowest BCUT2D eigenvalue weighted by Gasteiger charge is -2.25. The lowest BCUT2D eigenvalue weighted by molar-refractivity contribution is 0.0284. The van der Waals surface area contributed by atoms with Gasteiger partial charge in [0, 0.05) is 12.7 Å². The number of sulfonamides is 1. The highest BCUT2D eigenvalue weighted by Gasteiger charge is 2.25. The number of anilines is 1. The maximum absolute atomic E-state index is 13.1. The third-order valence-electron chi connectivity index (χ3n) is 4.53. The van der Waals surface area contributed by atoms with Crippen LogP contribution in [0.25, 0.3) is 0 Å². The molecule has 0 unspecified atom stereocenters. The summed E-state index contributed by atoms with van der Waals surface area (Å²) in [6, 6.07) is 8.06. The molecule has 0 saturated carbocycles. The van der Waals surface area contributed by atoms with Crippen molar-refractivity contribution in [1.82, 2.24) is 4.90 Å². The molecular weight excluding hydrogens is 500 g/mol. The Hall–Kier alpha value is -3.31. The van der Waals surface area contributed by atoms with Gasteiger partial charge in [-0.1, -0.05) is 23.7 Å². The normalized spacial score (nSPS) is 11.4. The van der Waals surface area contributed by atoms with Crippen molar-refractivity contribution in [1.29, 1.82) is 0 Å².